The molecule has 1 aromatic rings. The summed E-state index contributed by atoms with van der Waals surface area (Å²) < 4.78 is 0. The predicted molar refractivity (Wildman–Crippen MR) is 68.6 cm³/mol. The Morgan fingerprint density at radius 1 is 1.44 bits per heavy atom. The van der Waals surface area contributed by atoms with E-state index < -0.39 is 0 Å². The van der Waals surface area contributed by atoms with Gasteiger partial charge < -0.3 is 0 Å². The molecule has 0 saturated carbocycles. The summed E-state index contributed by atoms with van der Waals surface area (Å²) in [5.41, 5.74) is 5.53. The van der Waals surface area contributed by atoms with Gasteiger partial charge in [0, 0.05) is 12.5 Å². The fourth-order valence-corrected chi connectivity index (χ4v) is 1.93. The lowest BCUT2D eigenvalue weighted by atomic mass is 9.95. The van der Waals surface area contributed by atoms with Crippen LogP contribution in [0.15, 0.2) is 24.3 Å². The highest BCUT2D eigenvalue weighted by atomic mass is 15.2. The maximum absolute atomic E-state index is 5.61. The lowest BCUT2D eigenvalue weighted by molar-refractivity contribution is 0.499. The Labute approximate surface area is 98.2 Å². The first kappa shape index (κ1) is 12.8. The van der Waals surface area contributed by atoms with Crippen LogP contribution in [0, 0.1) is 12.3 Å². The van der Waals surface area contributed by atoms with E-state index in [0.29, 0.717) is 0 Å². The molecule has 0 aliphatic heterocycles. The van der Waals surface area contributed by atoms with Crippen LogP contribution in [0.1, 0.15) is 43.4 Å². The summed E-state index contributed by atoms with van der Waals surface area (Å²) in [5.74, 6) is 8.27. The third-order valence-electron chi connectivity index (χ3n) is 2.83. The van der Waals surface area contributed by atoms with Crippen molar-refractivity contribution in [3.05, 3.63) is 35.4 Å². The SMILES string of the molecule is C#CCCCC(NN)c1ccccc1CC. The van der Waals surface area contributed by atoms with Crippen molar-refractivity contribution in [1.82, 2.24) is 5.43 Å². The number of rotatable bonds is 6. The lowest BCUT2D eigenvalue weighted by Crippen LogP contribution is -2.28. The van der Waals surface area contributed by atoms with Crippen LogP contribution in [-0.2, 0) is 6.42 Å². The standard InChI is InChI=1S/C14H20N2/c1-3-5-6-11-14(16-15)13-10-8-7-9-12(13)4-2/h1,7-10,14,16H,4-6,11,15H2,2H3. The van der Waals surface area contributed by atoms with E-state index in [-0.39, 0.29) is 6.04 Å². The molecule has 0 fully saturated rings. The van der Waals surface area contributed by atoms with E-state index in [2.05, 4.69) is 42.5 Å². The number of benzene rings is 1. The summed E-state index contributed by atoms with van der Waals surface area (Å²) in [4.78, 5) is 0. The summed E-state index contributed by atoms with van der Waals surface area (Å²) in [7, 11) is 0. The number of terminal acetylenes is 1. The second-order valence-corrected chi connectivity index (χ2v) is 3.87. The summed E-state index contributed by atoms with van der Waals surface area (Å²) in [5, 5.41) is 0. The molecule has 1 unspecified atom stereocenters. The Morgan fingerprint density at radius 2 is 2.19 bits per heavy atom. The summed E-state index contributed by atoms with van der Waals surface area (Å²) >= 11 is 0. The molecule has 1 aromatic carbocycles. The van der Waals surface area contributed by atoms with E-state index in [1.165, 1.54) is 11.1 Å². The van der Waals surface area contributed by atoms with Gasteiger partial charge in [0.15, 0.2) is 0 Å². The average Bonchev–Trinajstić information content (AvgIpc) is 2.35. The maximum atomic E-state index is 5.61. The van der Waals surface area contributed by atoms with E-state index in [1.807, 2.05) is 0 Å². The van der Waals surface area contributed by atoms with Crippen molar-refractivity contribution in [3.63, 3.8) is 0 Å². The van der Waals surface area contributed by atoms with Gasteiger partial charge in [-0.2, -0.15) is 0 Å². The molecule has 3 N–H and O–H groups in total. The van der Waals surface area contributed by atoms with Gasteiger partial charge in [-0.15, -0.1) is 12.3 Å². The molecule has 0 aliphatic rings. The number of hydrazine groups is 1. The first-order valence-corrected chi connectivity index (χ1v) is 5.80. The minimum Gasteiger partial charge on any atom is -0.271 e. The predicted octanol–water partition coefficient (Wildman–Crippen LogP) is 2.56. The Kier molecular flexibility index (Phi) is 5.63. The highest BCUT2D eigenvalue weighted by Crippen LogP contribution is 2.22. The molecule has 1 atom stereocenters. The molecule has 16 heavy (non-hydrogen) atoms. The fraction of sp³-hybridized carbons (Fsp3) is 0.429. The van der Waals surface area contributed by atoms with Gasteiger partial charge in [0.25, 0.3) is 0 Å². The van der Waals surface area contributed by atoms with Crippen molar-refractivity contribution < 1.29 is 0 Å². The van der Waals surface area contributed by atoms with Crippen molar-refractivity contribution >= 4 is 0 Å². The van der Waals surface area contributed by atoms with E-state index in [0.717, 1.165) is 25.7 Å². The zero-order valence-corrected chi connectivity index (χ0v) is 9.87. The second-order valence-electron chi connectivity index (χ2n) is 3.87. The van der Waals surface area contributed by atoms with E-state index in [9.17, 15) is 0 Å². The Morgan fingerprint density at radius 3 is 2.81 bits per heavy atom. The maximum Gasteiger partial charge on any atom is 0.0463 e. The molecule has 0 spiro atoms. The van der Waals surface area contributed by atoms with Crippen LogP contribution in [0.4, 0.5) is 0 Å². The van der Waals surface area contributed by atoms with Gasteiger partial charge in [0.2, 0.25) is 0 Å². The Hall–Kier alpha value is -1.30. The lowest BCUT2D eigenvalue weighted by Gasteiger charge is -2.18. The molecular formula is C14H20N2. The third kappa shape index (κ3) is 3.37. The normalized spacial score (nSPS) is 12.1. The Bertz CT molecular complexity index is 352. The van der Waals surface area contributed by atoms with Gasteiger partial charge in [-0.05, 0) is 30.4 Å². The zero-order valence-electron chi connectivity index (χ0n) is 9.87. The van der Waals surface area contributed by atoms with Crippen LogP contribution in [-0.4, -0.2) is 0 Å². The summed E-state index contributed by atoms with van der Waals surface area (Å²) in [6, 6.07) is 8.63. The van der Waals surface area contributed by atoms with Gasteiger partial charge in [-0.25, -0.2) is 0 Å². The van der Waals surface area contributed by atoms with Crippen LogP contribution in [0.3, 0.4) is 0 Å². The van der Waals surface area contributed by atoms with Gasteiger partial charge in [-0.1, -0.05) is 31.2 Å². The molecule has 86 valence electrons. The summed E-state index contributed by atoms with van der Waals surface area (Å²) in [6.07, 6.45) is 9.08. The molecule has 0 aromatic heterocycles. The van der Waals surface area contributed by atoms with E-state index in [4.69, 9.17) is 12.3 Å². The van der Waals surface area contributed by atoms with Gasteiger partial charge in [-0.3, -0.25) is 11.3 Å². The van der Waals surface area contributed by atoms with Gasteiger partial charge >= 0.3 is 0 Å². The van der Waals surface area contributed by atoms with Crippen LogP contribution in [0.25, 0.3) is 0 Å². The van der Waals surface area contributed by atoms with Crippen LogP contribution < -0.4 is 11.3 Å². The molecule has 2 nitrogen and oxygen atoms in total. The molecular weight excluding hydrogens is 196 g/mol. The number of hydrogen-bond acceptors (Lipinski definition) is 2. The number of unbranched alkanes of at least 4 members (excludes halogenated alkanes) is 1. The van der Waals surface area contributed by atoms with Gasteiger partial charge in [0.1, 0.15) is 0 Å². The van der Waals surface area contributed by atoms with Crippen molar-refractivity contribution in [3.8, 4) is 12.3 Å². The molecule has 1 rings (SSSR count). The molecule has 0 heterocycles. The van der Waals surface area contributed by atoms with Crippen molar-refractivity contribution in [2.24, 2.45) is 5.84 Å². The molecule has 0 radical (unpaired) electrons. The molecule has 0 aliphatic carbocycles. The van der Waals surface area contributed by atoms with E-state index in [1.54, 1.807) is 0 Å². The first-order valence-electron chi connectivity index (χ1n) is 5.80. The van der Waals surface area contributed by atoms with Crippen LogP contribution in [0.5, 0.6) is 0 Å². The summed E-state index contributed by atoms with van der Waals surface area (Å²) in [6.45, 7) is 2.16. The second kappa shape index (κ2) is 7.05. The van der Waals surface area contributed by atoms with E-state index >= 15 is 0 Å². The van der Waals surface area contributed by atoms with Crippen LogP contribution >= 0.6 is 0 Å². The highest BCUT2D eigenvalue weighted by Gasteiger charge is 2.11. The van der Waals surface area contributed by atoms with Crippen molar-refractivity contribution in [1.29, 1.82) is 0 Å². The minimum atomic E-state index is 0.212. The first-order chi connectivity index (χ1) is 7.83. The van der Waals surface area contributed by atoms with Crippen LogP contribution in [0.2, 0.25) is 0 Å². The number of aryl methyl sites for hydroxylation is 1. The quantitative estimate of drug-likeness (QED) is 0.332. The molecule has 0 amide bonds. The Balaban J connectivity index is 2.74. The fourth-order valence-electron chi connectivity index (χ4n) is 1.93. The van der Waals surface area contributed by atoms with Crippen molar-refractivity contribution in [2.75, 3.05) is 0 Å². The number of nitrogens with two attached hydrogens (primary N) is 1. The topological polar surface area (TPSA) is 38.0 Å². The molecule has 2 heteroatoms. The minimum absolute atomic E-state index is 0.212. The molecule has 0 bridgehead atoms. The van der Waals surface area contributed by atoms with Crippen molar-refractivity contribution in [2.45, 2.75) is 38.6 Å². The van der Waals surface area contributed by atoms with Gasteiger partial charge in [0.05, 0.1) is 0 Å². The number of nitrogens with one attached hydrogen (secondary N) is 1. The molecule has 0 saturated heterocycles. The third-order valence-corrected chi connectivity index (χ3v) is 2.83. The zero-order chi connectivity index (χ0) is 11.8. The highest BCUT2D eigenvalue weighted by molar-refractivity contribution is 5.29. The average molecular weight is 216 g/mol. The largest absolute Gasteiger partial charge is 0.271 e. The number of hydrogen-bond donors (Lipinski definition) is 2. The monoisotopic (exact) mass is 216 g/mol. The smallest absolute Gasteiger partial charge is 0.0463 e.